The van der Waals surface area contributed by atoms with Crippen LogP contribution in [0.25, 0.3) is 0 Å². The van der Waals surface area contributed by atoms with Crippen molar-refractivity contribution in [1.29, 1.82) is 0 Å². The first kappa shape index (κ1) is 13.3. The number of thiocarbonyl (C=S) groups is 1. The summed E-state index contributed by atoms with van der Waals surface area (Å²) in [5.41, 5.74) is 6.34. The number of halogens is 1. The van der Waals surface area contributed by atoms with E-state index >= 15 is 0 Å². The van der Waals surface area contributed by atoms with Crippen LogP contribution in [0, 0.1) is 0 Å². The van der Waals surface area contributed by atoms with Crippen molar-refractivity contribution in [3.8, 4) is 0 Å². The third-order valence-electron chi connectivity index (χ3n) is 3.18. The molecule has 1 aliphatic heterocycles. The van der Waals surface area contributed by atoms with Gasteiger partial charge in [-0.15, -0.1) is 0 Å². The summed E-state index contributed by atoms with van der Waals surface area (Å²) in [4.78, 5) is 14.6. The van der Waals surface area contributed by atoms with Gasteiger partial charge in [-0.3, -0.25) is 4.79 Å². The predicted molar refractivity (Wildman–Crippen MR) is 76.9 cm³/mol. The molecule has 1 aromatic carbocycles. The number of rotatable bonds is 2. The zero-order valence-electron chi connectivity index (χ0n) is 9.93. The minimum absolute atomic E-state index is 0.0239. The third-order valence-corrected chi connectivity index (χ3v) is 3.71. The van der Waals surface area contributed by atoms with Crippen LogP contribution in [0.1, 0.15) is 29.6 Å². The van der Waals surface area contributed by atoms with E-state index in [0.29, 0.717) is 22.1 Å². The van der Waals surface area contributed by atoms with Crippen LogP contribution in [0.5, 0.6) is 0 Å². The molecular formula is C13H15ClN2OS. The van der Waals surface area contributed by atoms with Gasteiger partial charge in [0.1, 0.15) is 0 Å². The smallest absolute Gasteiger partial charge is 0.254 e. The van der Waals surface area contributed by atoms with E-state index in [4.69, 9.17) is 29.6 Å². The van der Waals surface area contributed by atoms with Gasteiger partial charge in [0.05, 0.1) is 11.0 Å². The molecule has 3 nitrogen and oxygen atoms in total. The Bertz CT molecular complexity index is 461. The van der Waals surface area contributed by atoms with Crippen molar-refractivity contribution < 1.29 is 4.79 Å². The van der Waals surface area contributed by atoms with E-state index < -0.39 is 0 Å². The molecule has 1 heterocycles. The highest BCUT2D eigenvalue weighted by atomic mass is 35.5. The molecule has 1 fully saturated rings. The molecule has 1 unspecified atom stereocenters. The molecule has 0 aliphatic carbocycles. The van der Waals surface area contributed by atoms with Crippen LogP contribution in [0.2, 0.25) is 5.02 Å². The SMILES string of the molecule is NC(=S)C1CCCCN1C(=O)c1ccc(Cl)cc1. The van der Waals surface area contributed by atoms with Gasteiger partial charge in [-0.1, -0.05) is 23.8 Å². The highest BCUT2D eigenvalue weighted by Gasteiger charge is 2.29. The second-order valence-electron chi connectivity index (χ2n) is 4.42. The lowest BCUT2D eigenvalue weighted by atomic mass is 10.0. The van der Waals surface area contributed by atoms with Crippen molar-refractivity contribution in [1.82, 2.24) is 4.90 Å². The Morgan fingerprint density at radius 2 is 2.00 bits per heavy atom. The fraction of sp³-hybridized carbons (Fsp3) is 0.385. The van der Waals surface area contributed by atoms with E-state index in [0.717, 1.165) is 19.3 Å². The van der Waals surface area contributed by atoms with Crippen molar-refractivity contribution in [3.05, 3.63) is 34.9 Å². The van der Waals surface area contributed by atoms with Crippen molar-refractivity contribution in [3.63, 3.8) is 0 Å². The van der Waals surface area contributed by atoms with Crippen LogP contribution >= 0.6 is 23.8 Å². The number of carbonyl (C=O) groups excluding carboxylic acids is 1. The summed E-state index contributed by atoms with van der Waals surface area (Å²) in [5.74, 6) is -0.0239. The van der Waals surface area contributed by atoms with E-state index in [2.05, 4.69) is 0 Å². The molecule has 96 valence electrons. The first-order valence-electron chi connectivity index (χ1n) is 5.95. The van der Waals surface area contributed by atoms with Crippen LogP contribution < -0.4 is 5.73 Å². The van der Waals surface area contributed by atoms with Crippen molar-refractivity contribution in [2.45, 2.75) is 25.3 Å². The number of likely N-dealkylation sites (tertiary alicyclic amines) is 1. The second kappa shape index (κ2) is 5.67. The van der Waals surface area contributed by atoms with E-state index in [9.17, 15) is 4.79 Å². The maximum atomic E-state index is 12.4. The number of hydrogen-bond donors (Lipinski definition) is 1. The van der Waals surface area contributed by atoms with Gasteiger partial charge < -0.3 is 10.6 Å². The lowest BCUT2D eigenvalue weighted by Gasteiger charge is -2.35. The highest BCUT2D eigenvalue weighted by Crippen LogP contribution is 2.20. The number of nitrogens with two attached hydrogens (primary N) is 1. The molecule has 18 heavy (non-hydrogen) atoms. The van der Waals surface area contributed by atoms with Gasteiger partial charge in [-0.25, -0.2) is 0 Å². The number of carbonyl (C=O) groups is 1. The summed E-state index contributed by atoms with van der Waals surface area (Å²) in [6, 6.07) is 6.78. The van der Waals surface area contributed by atoms with Crippen LogP contribution in [-0.4, -0.2) is 28.4 Å². The van der Waals surface area contributed by atoms with Gasteiger partial charge in [-0.2, -0.15) is 0 Å². The van der Waals surface area contributed by atoms with Gasteiger partial charge in [0.2, 0.25) is 0 Å². The number of hydrogen-bond acceptors (Lipinski definition) is 2. The zero-order valence-corrected chi connectivity index (χ0v) is 11.5. The third kappa shape index (κ3) is 2.82. The minimum atomic E-state index is -0.114. The summed E-state index contributed by atoms with van der Waals surface area (Å²) in [7, 11) is 0. The largest absolute Gasteiger partial charge is 0.392 e. The predicted octanol–water partition coefficient (Wildman–Crippen LogP) is 2.62. The molecule has 5 heteroatoms. The van der Waals surface area contributed by atoms with Crippen molar-refractivity contribution in [2.24, 2.45) is 5.73 Å². The molecule has 2 N–H and O–H groups in total. The Morgan fingerprint density at radius 3 is 2.61 bits per heavy atom. The standard InChI is InChI=1S/C13H15ClN2OS/c14-10-6-4-9(5-7-10)13(17)16-8-2-1-3-11(16)12(15)18/h4-7,11H,1-3,8H2,(H2,15,18). The molecule has 1 atom stereocenters. The molecule has 1 saturated heterocycles. The Hall–Kier alpha value is -1.13. The van der Waals surface area contributed by atoms with E-state index in [1.807, 2.05) is 0 Å². The number of benzene rings is 1. The topological polar surface area (TPSA) is 46.3 Å². The Morgan fingerprint density at radius 1 is 1.33 bits per heavy atom. The van der Waals surface area contributed by atoms with E-state index in [1.165, 1.54) is 0 Å². The van der Waals surface area contributed by atoms with E-state index in [-0.39, 0.29) is 11.9 Å². The van der Waals surface area contributed by atoms with Crippen LogP contribution in [0.15, 0.2) is 24.3 Å². The molecule has 0 spiro atoms. The maximum Gasteiger partial charge on any atom is 0.254 e. The summed E-state index contributed by atoms with van der Waals surface area (Å²) in [6.45, 7) is 0.712. The fourth-order valence-electron chi connectivity index (χ4n) is 2.23. The van der Waals surface area contributed by atoms with Crippen molar-refractivity contribution in [2.75, 3.05) is 6.54 Å². The molecule has 2 rings (SSSR count). The number of nitrogens with zero attached hydrogens (tertiary/aromatic N) is 1. The summed E-state index contributed by atoms with van der Waals surface area (Å²) < 4.78 is 0. The highest BCUT2D eigenvalue weighted by molar-refractivity contribution is 7.80. The maximum absolute atomic E-state index is 12.4. The molecule has 0 radical (unpaired) electrons. The average molecular weight is 283 g/mol. The molecular weight excluding hydrogens is 268 g/mol. The molecule has 0 aromatic heterocycles. The first-order valence-corrected chi connectivity index (χ1v) is 6.74. The number of amides is 1. The quantitative estimate of drug-likeness (QED) is 0.848. The van der Waals surface area contributed by atoms with E-state index in [1.54, 1.807) is 29.2 Å². The monoisotopic (exact) mass is 282 g/mol. The molecule has 1 aromatic rings. The number of piperidine rings is 1. The normalized spacial score (nSPS) is 19.6. The average Bonchev–Trinajstić information content (AvgIpc) is 2.39. The van der Waals surface area contributed by atoms with Gasteiger partial charge in [0.15, 0.2) is 0 Å². The second-order valence-corrected chi connectivity index (χ2v) is 5.33. The van der Waals surface area contributed by atoms with Gasteiger partial charge in [-0.05, 0) is 43.5 Å². The lowest BCUT2D eigenvalue weighted by molar-refractivity contribution is 0.0681. The molecule has 1 amide bonds. The fourth-order valence-corrected chi connectivity index (χ4v) is 2.60. The first-order chi connectivity index (χ1) is 8.59. The zero-order chi connectivity index (χ0) is 13.1. The molecule has 0 saturated carbocycles. The van der Waals surface area contributed by atoms with Gasteiger partial charge in [0.25, 0.3) is 5.91 Å². The summed E-state index contributed by atoms with van der Waals surface area (Å²) in [5, 5.41) is 0.621. The van der Waals surface area contributed by atoms with Gasteiger partial charge in [0, 0.05) is 17.1 Å². The Labute approximate surface area is 117 Å². The van der Waals surface area contributed by atoms with Crippen LogP contribution in [0.4, 0.5) is 0 Å². The minimum Gasteiger partial charge on any atom is -0.392 e. The van der Waals surface area contributed by atoms with Crippen molar-refractivity contribution >= 4 is 34.7 Å². The summed E-state index contributed by atoms with van der Waals surface area (Å²) >= 11 is 10.9. The van der Waals surface area contributed by atoms with Crippen LogP contribution in [0.3, 0.4) is 0 Å². The molecule has 0 bridgehead atoms. The van der Waals surface area contributed by atoms with Crippen LogP contribution in [-0.2, 0) is 0 Å². The Kier molecular flexibility index (Phi) is 4.19. The molecule has 1 aliphatic rings. The van der Waals surface area contributed by atoms with Gasteiger partial charge >= 0.3 is 0 Å². The lowest BCUT2D eigenvalue weighted by Crippen LogP contribution is -2.49. The Balaban J connectivity index is 2.20. The summed E-state index contributed by atoms with van der Waals surface area (Å²) in [6.07, 6.45) is 2.92.